The average Bonchev–Trinajstić information content (AvgIpc) is 2.86. The highest BCUT2D eigenvalue weighted by Crippen LogP contribution is 2.09. The molecular formula is C14H17FN4O2. The van der Waals surface area contributed by atoms with Gasteiger partial charge in [0.15, 0.2) is 0 Å². The molecule has 0 saturated heterocycles. The molecule has 0 unspecified atom stereocenters. The van der Waals surface area contributed by atoms with Gasteiger partial charge in [-0.15, -0.1) is 5.10 Å². The minimum atomic E-state index is -0.569. The van der Waals surface area contributed by atoms with E-state index < -0.39 is 6.10 Å². The second kappa shape index (κ2) is 6.94. The lowest BCUT2D eigenvalue weighted by atomic mass is 10.1. The zero-order valence-corrected chi connectivity index (χ0v) is 11.9. The molecule has 0 spiro atoms. The normalized spacial score (nSPS) is 12.1. The number of nitrogens with one attached hydrogen (secondary N) is 2. The lowest BCUT2D eigenvalue weighted by Gasteiger charge is -2.09. The van der Waals surface area contributed by atoms with Crippen molar-refractivity contribution in [3.05, 3.63) is 41.5 Å². The first-order chi connectivity index (χ1) is 10.1. The maximum atomic E-state index is 13.1. The quantitative estimate of drug-likeness (QED) is 0.852. The number of H-pyrrole nitrogens is 1. The third-order valence-corrected chi connectivity index (χ3v) is 2.81. The fourth-order valence-electron chi connectivity index (χ4n) is 1.81. The Balaban J connectivity index is 1.97. The highest BCUT2D eigenvalue weighted by Gasteiger charge is 2.15. The monoisotopic (exact) mass is 292 g/mol. The number of hydrogen-bond acceptors (Lipinski definition) is 4. The highest BCUT2D eigenvalue weighted by atomic mass is 19.1. The van der Waals surface area contributed by atoms with Crippen LogP contribution in [0.4, 0.5) is 10.3 Å². The molecule has 6 nitrogen and oxygen atoms in total. The third-order valence-electron chi connectivity index (χ3n) is 2.81. The van der Waals surface area contributed by atoms with Gasteiger partial charge in [0.1, 0.15) is 17.7 Å². The van der Waals surface area contributed by atoms with Crippen LogP contribution < -0.4 is 5.32 Å². The van der Waals surface area contributed by atoms with Gasteiger partial charge < -0.3 is 4.74 Å². The lowest BCUT2D eigenvalue weighted by Crippen LogP contribution is -2.28. The van der Waals surface area contributed by atoms with Crippen molar-refractivity contribution in [1.82, 2.24) is 15.2 Å². The molecule has 0 radical (unpaired) electrons. The van der Waals surface area contributed by atoms with Crippen molar-refractivity contribution in [1.29, 1.82) is 0 Å². The smallest absolute Gasteiger partial charge is 0.255 e. The highest BCUT2D eigenvalue weighted by molar-refractivity contribution is 5.92. The van der Waals surface area contributed by atoms with Crippen LogP contribution in [0.25, 0.3) is 0 Å². The zero-order chi connectivity index (χ0) is 15.2. The van der Waals surface area contributed by atoms with Crippen LogP contribution in [0.1, 0.15) is 25.2 Å². The third kappa shape index (κ3) is 4.35. The minimum absolute atomic E-state index is 0.179. The number of hydrogen-bond donors (Lipinski definition) is 2. The predicted molar refractivity (Wildman–Crippen MR) is 75.3 cm³/mol. The van der Waals surface area contributed by atoms with Crippen molar-refractivity contribution < 1.29 is 13.9 Å². The van der Waals surface area contributed by atoms with Crippen molar-refractivity contribution in [2.75, 3.05) is 11.9 Å². The van der Waals surface area contributed by atoms with Gasteiger partial charge in [-0.1, -0.05) is 12.1 Å². The van der Waals surface area contributed by atoms with E-state index in [1.807, 2.05) is 6.92 Å². The standard InChI is InChI=1S/C14H17FN4O2/c1-3-21-9(2)13(20)17-14-16-12(18-19-14)8-10-5-4-6-11(15)7-10/h4-7,9H,3,8H2,1-2H3,(H2,16,17,18,19,20)/t9-/m1/s1. The maximum absolute atomic E-state index is 13.1. The van der Waals surface area contributed by atoms with Crippen molar-refractivity contribution in [2.24, 2.45) is 0 Å². The molecule has 0 saturated carbocycles. The van der Waals surface area contributed by atoms with Crippen molar-refractivity contribution in [3.8, 4) is 0 Å². The van der Waals surface area contributed by atoms with Crippen LogP contribution >= 0.6 is 0 Å². The Bertz CT molecular complexity index is 615. The molecule has 1 heterocycles. The largest absolute Gasteiger partial charge is 0.369 e. The molecule has 2 aromatic rings. The molecule has 1 aromatic carbocycles. The van der Waals surface area contributed by atoms with E-state index in [0.29, 0.717) is 18.9 Å². The average molecular weight is 292 g/mol. The first-order valence-corrected chi connectivity index (χ1v) is 6.66. The van der Waals surface area contributed by atoms with Crippen LogP contribution in [0.15, 0.2) is 24.3 Å². The molecule has 0 fully saturated rings. The number of nitrogens with zero attached hydrogens (tertiary/aromatic N) is 2. The SMILES string of the molecule is CCO[C@H](C)C(=O)Nc1n[nH]c(Cc2cccc(F)c2)n1. The molecule has 0 aliphatic carbocycles. The Hall–Kier alpha value is -2.28. The number of amides is 1. The van der Waals surface area contributed by atoms with Gasteiger partial charge in [0, 0.05) is 13.0 Å². The molecule has 2 rings (SSSR count). The Morgan fingerprint density at radius 3 is 3.05 bits per heavy atom. The lowest BCUT2D eigenvalue weighted by molar-refractivity contribution is -0.126. The number of rotatable bonds is 6. The topological polar surface area (TPSA) is 79.9 Å². The molecule has 112 valence electrons. The Kier molecular flexibility index (Phi) is 4.99. The molecule has 1 aromatic heterocycles. The number of carbonyl (C=O) groups is 1. The van der Waals surface area contributed by atoms with Crippen molar-refractivity contribution in [2.45, 2.75) is 26.4 Å². The summed E-state index contributed by atoms with van der Waals surface area (Å²) in [5.41, 5.74) is 0.770. The predicted octanol–water partition coefficient (Wildman–Crippen LogP) is 1.90. The second-order valence-electron chi connectivity index (χ2n) is 4.50. The summed E-state index contributed by atoms with van der Waals surface area (Å²) < 4.78 is 18.3. The molecule has 21 heavy (non-hydrogen) atoms. The molecule has 7 heteroatoms. The summed E-state index contributed by atoms with van der Waals surface area (Å²) in [6.07, 6.45) is -0.165. The van der Waals surface area contributed by atoms with Crippen LogP contribution in [0.5, 0.6) is 0 Å². The van der Waals surface area contributed by atoms with E-state index in [2.05, 4.69) is 20.5 Å². The van der Waals surface area contributed by atoms with Gasteiger partial charge in [-0.25, -0.2) is 4.39 Å². The van der Waals surface area contributed by atoms with Gasteiger partial charge in [0.25, 0.3) is 5.91 Å². The van der Waals surface area contributed by atoms with E-state index in [0.717, 1.165) is 5.56 Å². The van der Waals surface area contributed by atoms with Crippen LogP contribution in [0.3, 0.4) is 0 Å². The van der Waals surface area contributed by atoms with E-state index in [9.17, 15) is 9.18 Å². The van der Waals surface area contributed by atoms with E-state index in [1.165, 1.54) is 12.1 Å². The summed E-state index contributed by atoms with van der Waals surface area (Å²) in [5, 5.41) is 9.16. The number of aromatic nitrogens is 3. The molecule has 1 amide bonds. The summed E-state index contributed by atoms with van der Waals surface area (Å²) in [6, 6.07) is 6.23. The summed E-state index contributed by atoms with van der Waals surface area (Å²) in [7, 11) is 0. The van der Waals surface area contributed by atoms with Gasteiger partial charge in [0.2, 0.25) is 5.95 Å². The molecule has 0 aliphatic heterocycles. The summed E-state index contributed by atoms with van der Waals surface area (Å²) in [4.78, 5) is 15.9. The number of ether oxygens (including phenoxy) is 1. The number of anilines is 1. The number of carbonyl (C=O) groups excluding carboxylic acids is 1. The fourth-order valence-corrected chi connectivity index (χ4v) is 1.81. The van der Waals surface area contributed by atoms with Crippen LogP contribution in [0.2, 0.25) is 0 Å². The van der Waals surface area contributed by atoms with Gasteiger partial charge in [0.05, 0.1) is 0 Å². The number of benzene rings is 1. The van der Waals surface area contributed by atoms with E-state index >= 15 is 0 Å². The van der Waals surface area contributed by atoms with Crippen molar-refractivity contribution in [3.63, 3.8) is 0 Å². The van der Waals surface area contributed by atoms with Gasteiger partial charge in [-0.05, 0) is 31.5 Å². The Morgan fingerprint density at radius 2 is 2.33 bits per heavy atom. The van der Waals surface area contributed by atoms with Gasteiger partial charge in [-0.3, -0.25) is 15.2 Å². The van der Waals surface area contributed by atoms with Gasteiger partial charge in [-0.2, -0.15) is 4.98 Å². The van der Waals surface area contributed by atoms with Crippen molar-refractivity contribution >= 4 is 11.9 Å². The summed E-state index contributed by atoms with van der Waals surface area (Å²) in [6.45, 7) is 3.92. The fraction of sp³-hybridized carbons (Fsp3) is 0.357. The van der Waals surface area contributed by atoms with Crippen LogP contribution in [-0.4, -0.2) is 33.8 Å². The Morgan fingerprint density at radius 1 is 1.52 bits per heavy atom. The molecule has 0 bridgehead atoms. The first kappa shape index (κ1) is 15.1. The minimum Gasteiger partial charge on any atom is -0.369 e. The summed E-state index contributed by atoms with van der Waals surface area (Å²) >= 11 is 0. The van der Waals surface area contributed by atoms with Gasteiger partial charge >= 0.3 is 0 Å². The second-order valence-corrected chi connectivity index (χ2v) is 4.50. The van der Waals surface area contributed by atoms with E-state index in [-0.39, 0.29) is 17.7 Å². The Labute approximate surface area is 121 Å². The maximum Gasteiger partial charge on any atom is 0.255 e. The first-order valence-electron chi connectivity index (χ1n) is 6.66. The molecular weight excluding hydrogens is 275 g/mol. The van der Waals surface area contributed by atoms with E-state index in [1.54, 1.807) is 19.1 Å². The molecule has 2 N–H and O–H groups in total. The number of aromatic amines is 1. The number of halogens is 1. The van der Waals surface area contributed by atoms with Crippen LogP contribution in [-0.2, 0) is 16.0 Å². The zero-order valence-electron chi connectivity index (χ0n) is 11.9. The molecule has 1 atom stereocenters. The van der Waals surface area contributed by atoms with Crippen LogP contribution in [0, 0.1) is 5.82 Å². The van der Waals surface area contributed by atoms with E-state index in [4.69, 9.17) is 4.74 Å². The summed E-state index contributed by atoms with van der Waals surface area (Å²) in [5.74, 6) is 0.108. The molecule has 0 aliphatic rings.